The van der Waals surface area contributed by atoms with Crippen molar-refractivity contribution in [1.82, 2.24) is 0 Å². The zero-order valence-corrected chi connectivity index (χ0v) is 11.3. The van der Waals surface area contributed by atoms with Gasteiger partial charge >= 0.3 is 0 Å². The zero-order chi connectivity index (χ0) is 14.4. The van der Waals surface area contributed by atoms with Gasteiger partial charge in [0.1, 0.15) is 11.6 Å². The molecule has 0 saturated heterocycles. The smallest absolute Gasteiger partial charge is 0.123 e. The Morgan fingerprint density at radius 2 is 2.00 bits per heavy atom. The molecule has 0 spiro atoms. The standard InChI is InChI=1S/C17H16FNO/c1-13-4-2-7-17(10-13)20-9-8-15(12-19)14-5-3-6-16(18)11-14/h2-7,10-11,15H,8-9H2,1H3. The predicted molar refractivity (Wildman–Crippen MR) is 76.0 cm³/mol. The summed E-state index contributed by atoms with van der Waals surface area (Å²) in [6.07, 6.45) is 0.536. The van der Waals surface area contributed by atoms with Crippen LogP contribution in [0.5, 0.6) is 5.75 Å². The van der Waals surface area contributed by atoms with E-state index in [1.807, 2.05) is 31.2 Å². The van der Waals surface area contributed by atoms with Crippen molar-refractivity contribution in [3.05, 3.63) is 65.5 Å². The van der Waals surface area contributed by atoms with Crippen molar-refractivity contribution in [1.29, 1.82) is 5.26 Å². The third-order valence-corrected chi connectivity index (χ3v) is 3.07. The minimum Gasteiger partial charge on any atom is -0.494 e. The number of benzene rings is 2. The van der Waals surface area contributed by atoms with Crippen LogP contribution < -0.4 is 4.74 Å². The first-order valence-electron chi connectivity index (χ1n) is 6.53. The van der Waals surface area contributed by atoms with Gasteiger partial charge in [0, 0.05) is 6.42 Å². The summed E-state index contributed by atoms with van der Waals surface area (Å²) in [7, 11) is 0. The van der Waals surface area contributed by atoms with E-state index in [2.05, 4.69) is 6.07 Å². The summed E-state index contributed by atoms with van der Waals surface area (Å²) in [5, 5.41) is 9.18. The highest BCUT2D eigenvalue weighted by molar-refractivity contribution is 5.28. The van der Waals surface area contributed by atoms with E-state index in [1.54, 1.807) is 12.1 Å². The molecule has 0 fully saturated rings. The molecule has 0 N–H and O–H groups in total. The topological polar surface area (TPSA) is 33.0 Å². The van der Waals surface area contributed by atoms with Gasteiger partial charge in [0.2, 0.25) is 0 Å². The first kappa shape index (κ1) is 14.1. The molecule has 0 aliphatic carbocycles. The lowest BCUT2D eigenvalue weighted by Crippen LogP contribution is -2.05. The highest BCUT2D eigenvalue weighted by Crippen LogP contribution is 2.20. The summed E-state index contributed by atoms with van der Waals surface area (Å²) in [5.41, 5.74) is 1.82. The number of nitriles is 1. The van der Waals surface area contributed by atoms with Crippen LogP contribution in [0.15, 0.2) is 48.5 Å². The zero-order valence-electron chi connectivity index (χ0n) is 11.3. The van der Waals surface area contributed by atoms with Crippen molar-refractivity contribution in [2.75, 3.05) is 6.61 Å². The highest BCUT2D eigenvalue weighted by atomic mass is 19.1. The normalized spacial score (nSPS) is 11.7. The van der Waals surface area contributed by atoms with Crippen LogP contribution in [0, 0.1) is 24.1 Å². The molecule has 2 rings (SSSR count). The largest absolute Gasteiger partial charge is 0.494 e. The second-order valence-corrected chi connectivity index (χ2v) is 4.69. The fraction of sp³-hybridized carbons (Fsp3) is 0.235. The van der Waals surface area contributed by atoms with Gasteiger partial charge in [-0.2, -0.15) is 5.26 Å². The first-order valence-corrected chi connectivity index (χ1v) is 6.53. The van der Waals surface area contributed by atoms with Gasteiger partial charge in [0.25, 0.3) is 0 Å². The van der Waals surface area contributed by atoms with Crippen molar-refractivity contribution in [3.63, 3.8) is 0 Å². The van der Waals surface area contributed by atoms with Crippen LogP contribution in [0.25, 0.3) is 0 Å². The number of rotatable bonds is 5. The highest BCUT2D eigenvalue weighted by Gasteiger charge is 2.11. The molecular weight excluding hydrogens is 253 g/mol. The van der Waals surface area contributed by atoms with Crippen molar-refractivity contribution in [3.8, 4) is 11.8 Å². The van der Waals surface area contributed by atoms with E-state index in [1.165, 1.54) is 12.1 Å². The Kier molecular flexibility index (Phi) is 4.73. The molecule has 0 bridgehead atoms. The van der Waals surface area contributed by atoms with Gasteiger partial charge in [-0.15, -0.1) is 0 Å². The Morgan fingerprint density at radius 3 is 2.70 bits per heavy atom. The third-order valence-electron chi connectivity index (χ3n) is 3.07. The molecule has 0 radical (unpaired) electrons. The van der Waals surface area contributed by atoms with Crippen molar-refractivity contribution < 1.29 is 9.13 Å². The van der Waals surface area contributed by atoms with Gasteiger partial charge in [-0.05, 0) is 42.3 Å². The van der Waals surface area contributed by atoms with Gasteiger partial charge in [0.15, 0.2) is 0 Å². The number of ether oxygens (including phenoxy) is 1. The molecule has 0 saturated carbocycles. The maximum Gasteiger partial charge on any atom is 0.123 e. The van der Waals surface area contributed by atoms with Crippen LogP contribution in [0.3, 0.4) is 0 Å². The Bertz CT molecular complexity index is 618. The van der Waals surface area contributed by atoms with E-state index in [4.69, 9.17) is 4.74 Å². The molecule has 0 aliphatic heterocycles. The first-order chi connectivity index (χ1) is 9.69. The summed E-state index contributed by atoms with van der Waals surface area (Å²) in [6.45, 7) is 2.43. The fourth-order valence-corrected chi connectivity index (χ4v) is 2.03. The molecule has 3 heteroatoms. The lowest BCUT2D eigenvalue weighted by atomic mass is 9.98. The molecule has 0 aromatic heterocycles. The maximum absolute atomic E-state index is 13.2. The molecular formula is C17H16FNO. The Labute approximate surface area is 118 Å². The van der Waals surface area contributed by atoms with E-state index in [9.17, 15) is 9.65 Å². The monoisotopic (exact) mass is 269 g/mol. The van der Waals surface area contributed by atoms with E-state index in [0.29, 0.717) is 18.6 Å². The number of aryl methyl sites for hydroxylation is 1. The molecule has 2 aromatic carbocycles. The minimum absolute atomic E-state index is 0.317. The summed E-state index contributed by atoms with van der Waals surface area (Å²) >= 11 is 0. The fourth-order valence-electron chi connectivity index (χ4n) is 2.03. The van der Waals surface area contributed by atoms with Crippen molar-refractivity contribution in [2.24, 2.45) is 0 Å². The maximum atomic E-state index is 13.2. The predicted octanol–water partition coefficient (Wildman–Crippen LogP) is 4.21. The van der Waals surface area contributed by atoms with E-state index in [-0.39, 0.29) is 11.7 Å². The van der Waals surface area contributed by atoms with E-state index >= 15 is 0 Å². The summed E-state index contributed by atoms with van der Waals surface area (Å²) in [5.74, 6) is 0.124. The molecule has 0 aliphatic rings. The molecule has 102 valence electrons. The second kappa shape index (κ2) is 6.72. The van der Waals surface area contributed by atoms with Crippen LogP contribution in [0.1, 0.15) is 23.5 Å². The lowest BCUT2D eigenvalue weighted by Gasteiger charge is -2.11. The quantitative estimate of drug-likeness (QED) is 0.814. The number of hydrogen-bond donors (Lipinski definition) is 0. The third kappa shape index (κ3) is 3.83. The molecule has 2 aromatic rings. The van der Waals surface area contributed by atoms with Crippen LogP contribution >= 0.6 is 0 Å². The Balaban J connectivity index is 1.93. The molecule has 20 heavy (non-hydrogen) atoms. The van der Waals surface area contributed by atoms with Crippen molar-refractivity contribution >= 4 is 0 Å². The van der Waals surface area contributed by atoms with Crippen LogP contribution in [0.2, 0.25) is 0 Å². The van der Waals surface area contributed by atoms with E-state index in [0.717, 1.165) is 11.3 Å². The minimum atomic E-state index is -0.351. The number of hydrogen-bond acceptors (Lipinski definition) is 2. The van der Waals surface area contributed by atoms with Gasteiger partial charge < -0.3 is 4.74 Å². The lowest BCUT2D eigenvalue weighted by molar-refractivity contribution is 0.305. The molecule has 0 heterocycles. The molecule has 1 unspecified atom stereocenters. The van der Waals surface area contributed by atoms with Crippen molar-refractivity contribution in [2.45, 2.75) is 19.3 Å². The second-order valence-electron chi connectivity index (χ2n) is 4.69. The Morgan fingerprint density at radius 1 is 1.20 bits per heavy atom. The number of nitrogens with zero attached hydrogens (tertiary/aromatic N) is 1. The Hall–Kier alpha value is -2.34. The van der Waals surface area contributed by atoms with E-state index < -0.39 is 0 Å². The van der Waals surface area contributed by atoms with Crippen LogP contribution in [0.4, 0.5) is 4.39 Å². The summed E-state index contributed by atoms with van der Waals surface area (Å²) in [4.78, 5) is 0. The van der Waals surface area contributed by atoms with Gasteiger partial charge in [-0.25, -0.2) is 4.39 Å². The van der Waals surface area contributed by atoms with Crippen LogP contribution in [-0.4, -0.2) is 6.61 Å². The van der Waals surface area contributed by atoms with Crippen LogP contribution in [-0.2, 0) is 0 Å². The average Bonchev–Trinajstić information content (AvgIpc) is 2.44. The summed E-state index contributed by atoms with van der Waals surface area (Å²) in [6, 6.07) is 16.1. The summed E-state index contributed by atoms with van der Waals surface area (Å²) < 4.78 is 18.8. The van der Waals surface area contributed by atoms with Gasteiger partial charge in [0.05, 0.1) is 18.6 Å². The average molecular weight is 269 g/mol. The molecule has 2 nitrogen and oxygen atoms in total. The van der Waals surface area contributed by atoms with Gasteiger partial charge in [-0.3, -0.25) is 0 Å². The molecule has 0 amide bonds. The SMILES string of the molecule is Cc1cccc(OCCC(C#N)c2cccc(F)c2)c1. The number of halogens is 1. The van der Waals surface area contributed by atoms with Gasteiger partial charge in [-0.1, -0.05) is 24.3 Å². The molecule has 1 atom stereocenters.